The van der Waals surface area contributed by atoms with E-state index in [1.807, 2.05) is 0 Å². The fourth-order valence-electron chi connectivity index (χ4n) is 1.47. The van der Waals surface area contributed by atoms with Crippen molar-refractivity contribution in [1.29, 1.82) is 0 Å². The van der Waals surface area contributed by atoms with Gasteiger partial charge in [0.05, 0.1) is 15.6 Å². The predicted octanol–water partition coefficient (Wildman–Crippen LogP) is 2.48. The normalized spacial score (nSPS) is 11.2. The first-order valence-electron chi connectivity index (χ1n) is 5.20. The minimum absolute atomic E-state index is 0.0127. The number of hydrogen-bond acceptors (Lipinski definition) is 5. The van der Waals surface area contributed by atoms with Gasteiger partial charge in [-0.1, -0.05) is 11.6 Å². The molecule has 2 aromatic rings. The molecule has 0 spiro atoms. The van der Waals surface area contributed by atoms with Crippen molar-refractivity contribution in [3.05, 3.63) is 40.2 Å². The number of carboxylic acid groups (broad SMARTS) is 1. The third kappa shape index (κ3) is 3.03. The average molecular weight is 333 g/mol. The van der Waals surface area contributed by atoms with Crippen molar-refractivity contribution < 1.29 is 18.3 Å². The monoisotopic (exact) mass is 332 g/mol. The van der Waals surface area contributed by atoms with Crippen LogP contribution in [0.3, 0.4) is 0 Å². The number of aromatic carboxylic acids is 1. The van der Waals surface area contributed by atoms with E-state index >= 15 is 0 Å². The summed E-state index contributed by atoms with van der Waals surface area (Å²) < 4.78 is 26.7. The molecule has 0 aliphatic heterocycles. The van der Waals surface area contributed by atoms with Gasteiger partial charge in [0.15, 0.2) is 0 Å². The molecule has 0 aliphatic rings. The number of halogens is 1. The fourth-order valence-corrected chi connectivity index (χ4v) is 4.02. The summed E-state index contributed by atoms with van der Waals surface area (Å²) in [5.74, 6) is -1.26. The summed E-state index contributed by atoms with van der Waals surface area (Å²) in [5, 5.41) is 9.03. The molecule has 0 saturated carbocycles. The number of nitrogen functional groups attached to an aromatic ring is 1. The van der Waals surface area contributed by atoms with Gasteiger partial charge < -0.3 is 10.8 Å². The number of carboxylic acids is 1. The lowest BCUT2D eigenvalue weighted by atomic mass is 10.1. The van der Waals surface area contributed by atoms with Crippen LogP contribution in [-0.4, -0.2) is 19.5 Å². The zero-order chi connectivity index (χ0) is 14.9. The van der Waals surface area contributed by atoms with Crippen LogP contribution >= 0.6 is 22.9 Å². The molecule has 0 amide bonds. The first kappa shape index (κ1) is 14.6. The van der Waals surface area contributed by atoms with Gasteiger partial charge in [-0.2, -0.15) is 0 Å². The van der Waals surface area contributed by atoms with Crippen molar-refractivity contribution >= 4 is 50.3 Å². The van der Waals surface area contributed by atoms with Crippen molar-refractivity contribution in [3.63, 3.8) is 0 Å². The van der Waals surface area contributed by atoms with Crippen LogP contribution in [0.5, 0.6) is 0 Å². The fraction of sp³-hybridized carbons (Fsp3) is 0. The standard InChI is InChI=1S/C11H9ClN2O4S2/c12-9-3-4-10(19-9)20(17,18)14-8-5-6(13)1-2-7(8)11(15)16/h1-5,14H,13H2,(H,15,16). The van der Waals surface area contributed by atoms with E-state index in [0.29, 0.717) is 4.34 Å². The number of anilines is 2. The number of rotatable bonds is 4. The summed E-state index contributed by atoms with van der Waals surface area (Å²) in [6, 6.07) is 6.64. The SMILES string of the molecule is Nc1ccc(C(=O)O)c(NS(=O)(=O)c2ccc(Cl)s2)c1. The summed E-state index contributed by atoms with van der Waals surface area (Å²) in [4.78, 5) is 11.1. The van der Waals surface area contributed by atoms with Gasteiger partial charge in [-0.15, -0.1) is 11.3 Å². The molecule has 1 heterocycles. The van der Waals surface area contributed by atoms with Gasteiger partial charge >= 0.3 is 5.97 Å². The van der Waals surface area contributed by atoms with Crippen LogP contribution in [0.1, 0.15) is 10.4 Å². The molecular formula is C11H9ClN2O4S2. The molecule has 0 aliphatic carbocycles. The molecule has 1 aromatic heterocycles. The van der Waals surface area contributed by atoms with Gasteiger partial charge in [0, 0.05) is 5.69 Å². The molecule has 0 unspecified atom stereocenters. The second-order valence-electron chi connectivity index (χ2n) is 3.77. The van der Waals surface area contributed by atoms with Gasteiger partial charge in [0.2, 0.25) is 0 Å². The molecule has 0 saturated heterocycles. The molecule has 0 atom stereocenters. The smallest absolute Gasteiger partial charge is 0.337 e. The highest BCUT2D eigenvalue weighted by molar-refractivity contribution is 7.94. The van der Waals surface area contributed by atoms with E-state index in [-0.39, 0.29) is 21.1 Å². The molecule has 0 bridgehead atoms. The molecule has 0 fully saturated rings. The zero-order valence-corrected chi connectivity index (χ0v) is 12.2. The van der Waals surface area contributed by atoms with Crippen molar-refractivity contribution in [2.24, 2.45) is 0 Å². The molecule has 6 nitrogen and oxygen atoms in total. The van der Waals surface area contributed by atoms with Crippen molar-refractivity contribution in [3.8, 4) is 0 Å². The maximum absolute atomic E-state index is 12.1. The van der Waals surface area contributed by atoms with Crippen LogP contribution in [-0.2, 0) is 10.0 Å². The van der Waals surface area contributed by atoms with Crippen LogP contribution in [0.2, 0.25) is 4.34 Å². The molecule has 9 heteroatoms. The number of sulfonamides is 1. The number of carbonyl (C=O) groups is 1. The number of nitrogens with one attached hydrogen (secondary N) is 1. The summed E-state index contributed by atoms with van der Waals surface area (Å²) in [7, 11) is -3.90. The lowest BCUT2D eigenvalue weighted by molar-refractivity contribution is 0.0698. The lowest BCUT2D eigenvalue weighted by Gasteiger charge is -2.10. The average Bonchev–Trinajstić information content (AvgIpc) is 2.75. The summed E-state index contributed by atoms with van der Waals surface area (Å²) in [6.07, 6.45) is 0. The van der Waals surface area contributed by atoms with Crippen LogP contribution in [0, 0.1) is 0 Å². The van der Waals surface area contributed by atoms with E-state index in [4.69, 9.17) is 22.4 Å². The molecule has 20 heavy (non-hydrogen) atoms. The Hall–Kier alpha value is -1.77. The summed E-state index contributed by atoms with van der Waals surface area (Å²) >= 11 is 6.56. The highest BCUT2D eigenvalue weighted by Crippen LogP contribution is 2.28. The minimum atomic E-state index is -3.90. The number of nitrogens with two attached hydrogens (primary N) is 1. The Bertz CT molecular complexity index is 770. The van der Waals surface area contributed by atoms with Gasteiger partial charge in [-0.3, -0.25) is 4.72 Å². The Kier molecular flexibility index (Phi) is 3.89. The van der Waals surface area contributed by atoms with Gasteiger partial charge in [-0.05, 0) is 30.3 Å². The molecular weight excluding hydrogens is 324 g/mol. The quantitative estimate of drug-likeness (QED) is 0.745. The first-order valence-corrected chi connectivity index (χ1v) is 7.88. The van der Waals surface area contributed by atoms with E-state index in [0.717, 1.165) is 11.3 Å². The predicted molar refractivity (Wildman–Crippen MR) is 78.0 cm³/mol. The third-order valence-electron chi connectivity index (χ3n) is 2.33. The van der Waals surface area contributed by atoms with E-state index < -0.39 is 16.0 Å². The van der Waals surface area contributed by atoms with E-state index in [1.165, 1.54) is 30.3 Å². The number of hydrogen-bond donors (Lipinski definition) is 3. The minimum Gasteiger partial charge on any atom is -0.478 e. The Labute approximate surface area is 123 Å². The van der Waals surface area contributed by atoms with Gasteiger partial charge in [-0.25, -0.2) is 13.2 Å². The van der Waals surface area contributed by atoms with Crippen molar-refractivity contribution in [1.82, 2.24) is 0 Å². The number of benzene rings is 1. The van der Waals surface area contributed by atoms with Crippen molar-refractivity contribution in [2.45, 2.75) is 4.21 Å². The maximum Gasteiger partial charge on any atom is 0.337 e. The van der Waals surface area contributed by atoms with Gasteiger partial charge in [0.1, 0.15) is 4.21 Å². The Balaban J connectivity index is 2.44. The molecule has 106 valence electrons. The maximum atomic E-state index is 12.1. The Morgan fingerprint density at radius 3 is 2.55 bits per heavy atom. The van der Waals surface area contributed by atoms with Crippen LogP contribution in [0.4, 0.5) is 11.4 Å². The Morgan fingerprint density at radius 1 is 1.30 bits per heavy atom. The topological polar surface area (TPSA) is 109 Å². The highest BCUT2D eigenvalue weighted by atomic mass is 35.5. The molecule has 0 radical (unpaired) electrons. The molecule has 1 aromatic carbocycles. The lowest BCUT2D eigenvalue weighted by Crippen LogP contribution is -2.14. The highest BCUT2D eigenvalue weighted by Gasteiger charge is 2.20. The summed E-state index contributed by atoms with van der Waals surface area (Å²) in [6.45, 7) is 0. The van der Waals surface area contributed by atoms with Crippen LogP contribution in [0.15, 0.2) is 34.5 Å². The Morgan fingerprint density at radius 2 is 2.00 bits per heavy atom. The zero-order valence-electron chi connectivity index (χ0n) is 9.83. The third-order valence-corrected chi connectivity index (χ3v) is 5.42. The number of thiophene rings is 1. The van der Waals surface area contributed by atoms with Crippen LogP contribution in [0.25, 0.3) is 0 Å². The molecule has 2 rings (SSSR count). The van der Waals surface area contributed by atoms with Crippen molar-refractivity contribution in [2.75, 3.05) is 10.5 Å². The van der Waals surface area contributed by atoms with E-state index in [1.54, 1.807) is 0 Å². The second kappa shape index (κ2) is 5.31. The second-order valence-corrected chi connectivity index (χ2v) is 7.40. The van der Waals surface area contributed by atoms with E-state index in [9.17, 15) is 13.2 Å². The van der Waals surface area contributed by atoms with E-state index in [2.05, 4.69) is 4.72 Å². The van der Waals surface area contributed by atoms with Crippen LogP contribution < -0.4 is 10.5 Å². The largest absolute Gasteiger partial charge is 0.478 e. The molecule has 4 N–H and O–H groups in total. The summed E-state index contributed by atoms with van der Waals surface area (Å²) in [5.41, 5.74) is 5.51. The first-order chi connectivity index (χ1) is 9.29. The van der Waals surface area contributed by atoms with Gasteiger partial charge in [0.25, 0.3) is 10.0 Å².